The number of hydrogen-bond donors (Lipinski definition) is 2. The van der Waals surface area contributed by atoms with E-state index in [0.29, 0.717) is 12.4 Å². The van der Waals surface area contributed by atoms with E-state index in [2.05, 4.69) is 15.5 Å². The average Bonchev–Trinajstić information content (AvgIpc) is 2.69. The van der Waals surface area contributed by atoms with Crippen molar-refractivity contribution in [3.63, 3.8) is 0 Å². The van der Waals surface area contributed by atoms with Crippen LogP contribution in [0.3, 0.4) is 0 Å². The maximum atomic E-state index is 11.3. The fourth-order valence-corrected chi connectivity index (χ4v) is 1.34. The summed E-state index contributed by atoms with van der Waals surface area (Å²) >= 11 is 0. The monoisotopic (exact) mass is 219 g/mol. The summed E-state index contributed by atoms with van der Waals surface area (Å²) in [5, 5.41) is 10.6. The number of amides is 1. The van der Waals surface area contributed by atoms with Gasteiger partial charge in [0.1, 0.15) is 0 Å². The summed E-state index contributed by atoms with van der Waals surface area (Å²) in [6, 6.07) is 5.10. The summed E-state index contributed by atoms with van der Waals surface area (Å²) < 4.78 is 1.82. The van der Waals surface area contributed by atoms with Crippen molar-refractivity contribution in [2.75, 3.05) is 0 Å². The minimum atomic E-state index is -0.515. The van der Waals surface area contributed by atoms with Crippen LogP contribution >= 0.6 is 0 Å². The first-order valence-corrected chi connectivity index (χ1v) is 5.00. The number of nitrogens with one attached hydrogen (secondary N) is 1. The molecule has 0 spiro atoms. The Hall–Kier alpha value is -1.95. The summed E-state index contributed by atoms with van der Waals surface area (Å²) in [4.78, 5) is 11.3. The van der Waals surface area contributed by atoms with E-state index in [1.54, 1.807) is 6.92 Å². The first-order valence-electron chi connectivity index (χ1n) is 5.00. The molecule has 2 heterocycles. The molecule has 16 heavy (non-hydrogen) atoms. The molecule has 0 radical (unpaired) electrons. The quantitative estimate of drug-likeness (QED) is 0.741. The van der Waals surface area contributed by atoms with Gasteiger partial charge in [0.2, 0.25) is 5.91 Å². The van der Waals surface area contributed by atoms with Crippen LogP contribution in [-0.2, 0) is 11.3 Å². The van der Waals surface area contributed by atoms with Crippen molar-refractivity contribution in [3.05, 3.63) is 30.2 Å². The summed E-state index contributed by atoms with van der Waals surface area (Å²) in [5.74, 6) is 0.484. The van der Waals surface area contributed by atoms with Crippen LogP contribution in [-0.4, -0.2) is 26.5 Å². The smallest absolute Gasteiger partial charge is 0.237 e. The third-order valence-electron chi connectivity index (χ3n) is 2.22. The number of nitrogens with two attached hydrogens (primary N) is 1. The van der Waals surface area contributed by atoms with Crippen molar-refractivity contribution in [1.82, 2.24) is 19.9 Å². The van der Waals surface area contributed by atoms with Gasteiger partial charge in [-0.1, -0.05) is 6.07 Å². The minimum absolute atomic E-state index is 0.201. The highest BCUT2D eigenvalue weighted by atomic mass is 16.2. The molecular formula is C10H13N5O. The number of rotatable bonds is 3. The lowest BCUT2D eigenvalue weighted by Crippen LogP contribution is -2.38. The first kappa shape index (κ1) is 10.6. The average molecular weight is 219 g/mol. The van der Waals surface area contributed by atoms with Gasteiger partial charge in [0.05, 0.1) is 12.6 Å². The molecule has 1 atom stereocenters. The number of carbonyl (C=O) groups excluding carboxylic acids is 1. The molecule has 84 valence electrons. The van der Waals surface area contributed by atoms with Gasteiger partial charge in [0, 0.05) is 6.20 Å². The Labute approximate surface area is 92.5 Å². The van der Waals surface area contributed by atoms with E-state index in [1.807, 2.05) is 28.8 Å². The predicted molar refractivity (Wildman–Crippen MR) is 58.5 cm³/mol. The van der Waals surface area contributed by atoms with Crippen molar-refractivity contribution < 1.29 is 4.79 Å². The summed E-state index contributed by atoms with van der Waals surface area (Å²) in [5.41, 5.74) is 6.19. The number of pyridine rings is 1. The Morgan fingerprint density at radius 2 is 2.38 bits per heavy atom. The third kappa shape index (κ3) is 2.01. The number of nitrogens with zero attached hydrogens (tertiary/aromatic N) is 3. The highest BCUT2D eigenvalue weighted by Gasteiger charge is 2.09. The van der Waals surface area contributed by atoms with Gasteiger partial charge in [0.25, 0.3) is 0 Å². The van der Waals surface area contributed by atoms with E-state index in [9.17, 15) is 4.79 Å². The first-order chi connectivity index (χ1) is 7.68. The molecule has 2 rings (SSSR count). The minimum Gasteiger partial charge on any atom is -0.347 e. The fourth-order valence-electron chi connectivity index (χ4n) is 1.34. The van der Waals surface area contributed by atoms with Crippen LogP contribution < -0.4 is 11.1 Å². The Kier molecular flexibility index (Phi) is 2.82. The van der Waals surface area contributed by atoms with Crippen molar-refractivity contribution in [3.8, 4) is 0 Å². The Morgan fingerprint density at radius 1 is 1.56 bits per heavy atom. The maximum Gasteiger partial charge on any atom is 0.237 e. The van der Waals surface area contributed by atoms with Gasteiger partial charge < -0.3 is 11.1 Å². The van der Waals surface area contributed by atoms with Crippen LogP contribution in [0.4, 0.5) is 0 Å². The van der Waals surface area contributed by atoms with Gasteiger partial charge in [-0.2, -0.15) is 0 Å². The Bertz CT molecular complexity index is 505. The van der Waals surface area contributed by atoms with E-state index in [0.717, 1.165) is 5.65 Å². The molecule has 0 aliphatic heterocycles. The van der Waals surface area contributed by atoms with Crippen LogP contribution in [0.2, 0.25) is 0 Å². The molecule has 6 nitrogen and oxygen atoms in total. The molecular weight excluding hydrogens is 206 g/mol. The van der Waals surface area contributed by atoms with E-state index in [1.165, 1.54) is 0 Å². The van der Waals surface area contributed by atoms with E-state index in [4.69, 9.17) is 5.73 Å². The Morgan fingerprint density at radius 3 is 3.12 bits per heavy atom. The highest BCUT2D eigenvalue weighted by molar-refractivity contribution is 5.80. The third-order valence-corrected chi connectivity index (χ3v) is 2.22. The zero-order valence-corrected chi connectivity index (χ0v) is 8.92. The second-order valence-electron chi connectivity index (χ2n) is 3.55. The normalized spacial score (nSPS) is 12.6. The predicted octanol–water partition coefficient (Wildman–Crippen LogP) is -0.307. The van der Waals surface area contributed by atoms with Gasteiger partial charge in [-0.3, -0.25) is 9.20 Å². The molecule has 3 N–H and O–H groups in total. The summed E-state index contributed by atoms with van der Waals surface area (Å²) in [6.45, 7) is 1.96. The molecule has 6 heteroatoms. The van der Waals surface area contributed by atoms with Gasteiger partial charge in [0.15, 0.2) is 11.5 Å². The number of aromatic nitrogens is 3. The number of fused-ring (bicyclic) bond motifs is 1. The SMILES string of the molecule is CC(N)C(=O)NCc1nnc2ccccn12. The molecule has 0 bridgehead atoms. The second-order valence-corrected chi connectivity index (χ2v) is 3.55. The van der Waals surface area contributed by atoms with Crippen molar-refractivity contribution in [1.29, 1.82) is 0 Å². The van der Waals surface area contributed by atoms with E-state index in [-0.39, 0.29) is 5.91 Å². The summed E-state index contributed by atoms with van der Waals surface area (Å²) in [7, 11) is 0. The number of carbonyl (C=O) groups is 1. The van der Waals surface area contributed by atoms with E-state index < -0.39 is 6.04 Å². The standard InChI is InChI=1S/C10H13N5O/c1-7(11)10(16)12-6-9-14-13-8-4-2-3-5-15(8)9/h2-5,7H,6,11H2,1H3,(H,12,16). The van der Waals surface area contributed by atoms with Gasteiger partial charge >= 0.3 is 0 Å². The zero-order chi connectivity index (χ0) is 11.5. The molecule has 0 aromatic carbocycles. The molecule has 2 aromatic rings. The van der Waals surface area contributed by atoms with Crippen LogP contribution in [0.25, 0.3) is 5.65 Å². The molecule has 0 saturated carbocycles. The lowest BCUT2D eigenvalue weighted by Gasteiger charge is -2.06. The maximum absolute atomic E-state index is 11.3. The van der Waals surface area contributed by atoms with Crippen LogP contribution in [0.5, 0.6) is 0 Å². The highest BCUT2D eigenvalue weighted by Crippen LogP contribution is 2.02. The van der Waals surface area contributed by atoms with Crippen LogP contribution in [0.1, 0.15) is 12.7 Å². The molecule has 0 saturated heterocycles. The lowest BCUT2D eigenvalue weighted by molar-refractivity contribution is -0.122. The lowest BCUT2D eigenvalue weighted by atomic mass is 10.3. The van der Waals surface area contributed by atoms with Crippen molar-refractivity contribution >= 4 is 11.6 Å². The second kappa shape index (κ2) is 4.28. The summed E-state index contributed by atoms with van der Waals surface area (Å²) in [6.07, 6.45) is 1.85. The van der Waals surface area contributed by atoms with Gasteiger partial charge in [-0.25, -0.2) is 0 Å². The fraction of sp³-hybridized carbons (Fsp3) is 0.300. The molecule has 1 unspecified atom stereocenters. The topological polar surface area (TPSA) is 85.3 Å². The largest absolute Gasteiger partial charge is 0.347 e. The Balaban J connectivity index is 2.13. The van der Waals surface area contributed by atoms with Crippen molar-refractivity contribution in [2.45, 2.75) is 19.5 Å². The molecule has 0 aliphatic carbocycles. The molecule has 1 amide bonds. The van der Waals surface area contributed by atoms with Crippen molar-refractivity contribution in [2.24, 2.45) is 5.73 Å². The molecule has 0 aliphatic rings. The zero-order valence-electron chi connectivity index (χ0n) is 8.92. The van der Waals surface area contributed by atoms with Gasteiger partial charge in [-0.05, 0) is 19.1 Å². The molecule has 0 fully saturated rings. The van der Waals surface area contributed by atoms with Gasteiger partial charge in [-0.15, -0.1) is 10.2 Å². The van der Waals surface area contributed by atoms with E-state index >= 15 is 0 Å². The van der Waals surface area contributed by atoms with Crippen LogP contribution in [0, 0.1) is 0 Å². The van der Waals surface area contributed by atoms with Crippen LogP contribution in [0.15, 0.2) is 24.4 Å². The number of hydrogen-bond acceptors (Lipinski definition) is 4. The molecule has 2 aromatic heterocycles.